The van der Waals surface area contributed by atoms with Crippen molar-refractivity contribution in [3.8, 4) is 5.75 Å². The van der Waals surface area contributed by atoms with Gasteiger partial charge in [-0.2, -0.15) is 0 Å². The molecule has 0 fully saturated rings. The second kappa shape index (κ2) is 7.89. The molecular formula is C20H24ClNO3. The highest BCUT2D eigenvalue weighted by Crippen LogP contribution is 2.42. The molecule has 1 aliphatic rings. The molecule has 0 amide bonds. The maximum absolute atomic E-state index is 12.7. The number of hydrogen-bond acceptors (Lipinski definition) is 4. The molecule has 0 aliphatic carbocycles. The fourth-order valence-electron chi connectivity index (χ4n) is 3.28. The third kappa shape index (κ3) is 3.80. The first-order chi connectivity index (χ1) is 11.6. The predicted molar refractivity (Wildman–Crippen MR) is 101 cm³/mol. The third-order valence-corrected chi connectivity index (χ3v) is 4.59. The highest BCUT2D eigenvalue weighted by atomic mass is 35.5. The first kappa shape index (κ1) is 19.3. The second-order valence-electron chi connectivity index (χ2n) is 6.47. The number of nitrogens with zero attached hydrogens (tertiary/aromatic N) is 1. The van der Waals surface area contributed by atoms with Gasteiger partial charge in [0.2, 0.25) is 0 Å². The highest BCUT2D eigenvalue weighted by molar-refractivity contribution is 5.93. The van der Waals surface area contributed by atoms with Crippen LogP contribution in [-0.2, 0) is 16.8 Å². The van der Waals surface area contributed by atoms with Crippen LogP contribution in [0, 0.1) is 0 Å². The molecule has 1 unspecified atom stereocenters. The molecule has 0 radical (unpaired) electrons. The Bertz CT molecular complexity index is 733. The van der Waals surface area contributed by atoms with Gasteiger partial charge in [0.05, 0.1) is 12.7 Å². The van der Waals surface area contributed by atoms with E-state index in [-0.39, 0.29) is 18.4 Å². The van der Waals surface area contributed by atoms with Crippen LogP contribution in [0.15, 0.2) is 48.5 Å². The lowest BCUT2D eigenvalue weighted by molar-refractivity contribution is -0.0359. The van der Waals surface area contributed by atoms with Gasteiger partial charge in [0.1, 0.15) is 11.4 Å². The van der Waals surface area contributed by atoms with E-state index in [4.69, 9.17) is 9.47 Å². The zero-order valence-corrected chi connectivity index (χ0v) is 15.6. The fourth-order valence-corrected chi connectivity index (χ4v) is 3.28. The molecule has 5 heteroatoms. The van der Waals surface area contributed by atoms with E-state index in [1.54, 1.807) is 13.2 Å². The van der Waals surface area contributed by atoms with Gasteiger partial charge in [-0.3, -0.25) is 0 Å². The number of carbonyl (C=O) groups excluding carboxylic acids is 1. The van der Waals surface area contributed by atoms with Crippen molar-refractivity contribution in [2.45, 2.75) is 18.4 Å². The van der Waals surface area contributed by atoms with Crippen LogP contribution in [0.2, 0.25) is 0 Å². The molecule has 2 aromatic carbocycles. The molecule has 4 nitrogen and oxygen atoms in total. The number of fused-ring (bicyclic) bond motifs is 1. The molecule has 3 rings (SSSR count). The topological polar surface area (TPSA) is 38.8 Å². The van der Waals surface area contributed by atoms with Gasteiger partial charge < -0.3 is 14.4 Å². The number of hydrogen-bond donors (Lipinski definition) is 0. The fraction of sp³-hybridized carbons (Fsp3) is 0.350. The monoisotopic (exact) mass is 361 g/mol. The summed E-state index contributed by atoms with van der Waals surface area (Å²) in [5, 5.41) is 0. The molecule has 1 atom stereocenters. The van der Waals surface area contributed by atoms with Crippen molar-refractivity contribution >= 4 is 18.4 Å². The Morgan fingerprint density at radius 1 is 1.12 bits per heavy atom. The van der Waals surface area contributed by atoms with Crippen LogP contribution in [0.1, 0.15) is 27.9 Å². The molecule has 134 valence electrons. The maximum atomic E-state index is 12.7. The Morgan fingerprint density at radius 2 is 1.84 bits per heavy atom. The van der Waals surface area contributed by atoms with Crippen molar-refractivity contribution in [2.75, 3.05) is 27.7 Å². The van der Waals surface area contributed by atoms with Crippen molar-refractivity contribution < 1.29 is 14.3 Å². The molecule has 25 heavy (non-hydrogen) atoms. The van der Waals surface area contributed by atoms with Crippen LogP contribution in [0.3, 0.4) is 0 Å². The zero-order valence-electron chi connectivity index (χ0n) is 14.8. The van der Waals surface area contributed by atoms with E-state index in [2.05, 4.69) is 4.90 Å². The van der Waals surface area contributed by atoms with Crippen molar-refractivity contribution in [2.24, 2.45) is 0 Å². The van der Waals surface area contributed by atoms with E-state index >= 15 is 0 Å². The largest absolute Gasteiger partial charge is 0.496 e. The SMILES string of the molecule is COc1cccc2c1CC(CCN(C)C)(c1ccccc1)OC2=O.Cl. The summed E-state index contributed by atoms with van der Waals surface area (Å²) < 4.78 is 11.5. The number of carbonyl (C=O) groups is 1. The van der Waals surface area contributed by atoms with E-state index in [9.17, 15) is 4.79 Å². The van der Waals surface area contributed by atoms with Gasteiger partial charge in [0.15, 0.2) is 0 Å². The maximum Gasteiger partial charge on any atom is 0.339 e. The first-order valence-corrected chi connectivity index (χ1v) is 8.15. The summed E-state index contributed by atoms with van der Waals surface area (Å²) in [4.78, 5) is 14.8. The normalized spacial score (nSPS) is 19.0. The van der Waals surface area contributed by atoms with E-state index < -0.39 is 5.60 Å². The molecular weight excluding hydrogens is 338 g/mol. The van der Waals surface area contributed by atoms with Crippen LogP contribution in [0.5, 0.6) is 5.75 Å². The van der Waals surface area contributed by atoms with Gasteiger partial charge in [-0.25, -0.2) is 4.79 Å². The number of rotatable bonds is 5. The van der Waals surface area contributed by atoms with Crippen molar-refractivity contribution in [3.63, 3.8) is 0 Å². The van der Waals surface area contributed by atoms with Crippen LogP contribution in [0.4, 0.5) is 0 Å². The Balaban J connectivity index is 0.00000225. The van der Waals surface area contributed by atoms with Crippen molar-refractivity contribution in [1.29, 1.82) is 0 Å². The summed E-state index contributed by atoms with van der Waals surface area (Å²) in [6, 6.07) is 15.5. The number of benzene rings is 2. The molecule has 0 saturated carbocycles. The van der Waals surface area contributed by atoms with Gasteiger partial charge >= 0.3 is 5.97 Å². The highest BCUT2D eigenvalue weighted by Gasteiger charge is 2.42. The van der Waals surface area contributed by atoms with Gasteiger partial charge in [-0.1, -0.05) is 36.4 Å². The summed E-state index contributed by atoms with van der Waals surface area (Å²) in [5.41, 5.74) is 1.89. The number of halogens is 1. The van der Waals surface area contributed by atoms with Crippen LogP contribution >= 0.6 is 12.4 Å². The average Bonchev–Trinajstić information content (AvgIpc) is 2.60. The lowest BCUT2D eigenvalue weighted by Crippen LogP contribution is -2.41. The Labute approximate surface area is 155 Å². The molecule has 1 aliphatic heterocycles. The minimum absolute atomic E-state index is 0. The Morgan fingerprint density at radius 3 is 2.48 bits per heavy atom. The summed E-state index contributed by atoms with van der Waals surface area (Å²) in [6.45, 7) is 0.826. The zero-order chi connectivity index (χ0) is 17.2. The Hall–Kier alpha value is -2.04. The van der Waals surface area contributed by atoms with Crippen molar-refractivity contribution in [1.82, 2.24) is 4.90 Å². The van der Waals surface area contributed by atoms with Gasteiger partial charge in [-0.05, 0) is 31.8 Å². The van der Waals surface area contributed by atoms with Gasteiger partial charge in [0, 0.05) is 24.9 Å². The molecule has 0 N–H and O–H groups in total. The number of ether oxygens (including phenoxy) is 2. The summed E-state index contributed by atoms with van der Waals surface area (Å²) in [5.74, 6) is 0.465. The smallest absolute Gasteiger partial charge is 0.339 e. The van der Waals surface area contributed by atoms with Crippen molar-refractivity contribution in [3.05, 3.63) is 65.2 Å². The average molecular weight is 362 g/mol. The predicted octanol–water partition coefficient (Wildman–Crippen LogP) is 3.68. The van der Waals surface area contributed by atoms with Gasteiger partial charge in [-0.15, -0.1) is 12.4 Å². The quantitative estimate of drug-likeness (QED) is 0.761. The minimum Gasteiger partial charge on any atom is -0.496 e. The third-order valence-electron chi connectivity index (χ3n) is 4.59. The second-order valence-corrected chi connectivity index (χ2v) is 6.47. The van der Waals surface area contributed by atoms with E-state index in [1.807, 2.05) is 56.6 Å². The summed E-state index contributed by atoms with van der Waals surface area (Å²) in [6.07, 6.45) is 1.35. The standard InChI is InChI=1S/C20H23NO3.ClH/c1-21(2)13-12-20(15-8-5-4-6-9-15)14-17-16(19(22)24-20)10-7-11-18(17)23-3;/h4-11H,12-14H2,1-3H3;1H. The molecule has 0 bridgehead atoms. The van der Waals surface area contributed by atoms with Crippen LogP contribution in [-0.4, -0.2) is 38.6 Å². The van der Waals surface area contributed by atoms with E-state index in [0.29, 0.717) is 12.0 Å². The lowest BCUT2D eigenvalue weighted by Gasteiger charge is -2.39. The van der Waals surface area contributed by atoms with Gasteiger partial charge in [0.25, 0.3) is 0 Å². The van der Waals surface area contributed by atoms with Crippen LogP contribution in [0.25, 0.3) is 0 Å². The van der Waals surface area contributed by atoms with E-state index in [1.165, 1.54) is 0 Å². The number of cyclic esters (lactones) is 1. The first-order valence-electron chi connectivity index (χ1n) is 8.15. The minimum atomic E-state index is -0.662. The van der Waals surface area contributed by atoms with E-state index in [0.717, 1.165) is 29.8 Å². The Kier molecular flexibility index (Phi) is 6.09. The summed E-state index contributed by atoms with van der Waals surface area (Å²) >= 11 is 0. The molecule has 0 aromatic heterocycles. The lowest BCUT2D eigenvalue weighted by atomic mass is 9.80. The molecule has 1 heterocycles. The number of methoxy groups -OCH3 is 1. The molecule has 2 aromatic rings. The van der Waals surface area contributed by atoms with Crippen LogP contribution < -0.4 is 4.74 Å². The number of esters is 1. The molecule has 0 spiro atoms. The molecule has 0 saturated heterocycles. The summed E-state index contributed by atoms with van der Waals surface area (Å²) in [7, 11) is 5.69.